The first-order valence-electron chi connectivity index (χ1n) is 11.1. The van der Waals surface area contributed by atoms with Gasteiger partial charge in [0.05, 0.1) is 12.6 Å². The normalized spacial score (nSPS) is 21.2. The van der Waals surface area contributed by atoms with Gasteiger partial charge in [0, 0.05) is 35.2 Å². The molecular weight excluding hydrogens is 376 g/mol. The molecule has 0 bridgehead atoms. The lowest BCUT2D eigenvalue weighted by Gasteiger charge is -2.25. The summed E-state index contributed by atoms with van der Waals surface area (Å²) in [6.45, 7) is 7.06. The molecule has 1 saturated carbocycles. The van der Waals surface area contributed by atoms with Crippen molar-refractivity contribution in [3.05, 3.63) is 53.0 Å². The summed E-state index contributed by atoms with van der Waals surface area (Å²) in [5.41, 5.74) is 4.64. The van der Waals surface area contributed by atoms with Crippen molar-refractivity contribution in [2.24, 2.45) is 5.92 Å². The Hall–Kier alpha value is -2.60. The summed E-state index contributed by atoms with van der Waals surface area (Å²) in [6.07, 6.45) is 6.11. The molecule has 158 valence electrons. The van der Waals surface area contributed by atoms with Crippen LogP contribution in [0.15, 0.2) is 35.0 Å². The maximum Gasteiger partial charge on any atom is 0.237 e. The maximum absolute atomic E-state index is 13.0. The summed E-state index contributed by atoms with van der Waals surface area (Å²) in [4.78, 5) is 13.0. The molecule has 2 aliphatic rings. The van der Waals surface area contributed by atoms with Gasteiger partial charge in [0.2, 0.25) is 5.91 Å². The van der Waals surface area contributed by atoms with E-state index in [4.69, 9.17) is 4.52 Å². The quantitative estimate of drug-likeness (QED) is 0.652. The number of hydrogen-bond donors (Lipinski definition) is 2. The molecule has 2 N–H and O–H groups in total. The number of amides is 1. The minimum Gasteiger partial charge on any atom is -0.361 e. The fourth-order valence-electron chi connectivity index (χ4n) is 4.69. The highest BCUT2D eigenvalue weighted by Gasteiger charge is 2.33. The van der Waals surface area contributed by atoms with E-state index in [0.29, 0.717) is 24.9 Å². The van der Waals surface area contributed by atoms with Gasteiger partial charge in [0.1, 0.15) is 11.5 Å². The predicted molar refractivity (Wildman–Crippen MR) is 116 cm³/mol. The molecule has 6 nitrogen and oxygen atoms in total. The lowest BCUT2D eigenvalue weighted by Crippen LogP contribution is -2.47. The number of aromatic nitrogens is 2. The molecular formula is C24H30N4O2. The zero-order valence-electron chi connectivity index (χ0n) is 17.9. The van der Waals surface area contributed by atoms with Crippen LogP contribution in [-0.2, 0) is 17.8 Å². The zero-order valence-corrected chi connectivity index (χ0v) is 17.9. The van der Waals surface area contributed by atoms with Crippen molar-refractivity contribution in [2.45, 2.75) is 71.1 Å². The van der Waals surface area contributed by atoms with Crippen molar-refractivity contribution >= 4 is 16.8 Å². The second-order valence-electron chi connectivity index (χ2n) is 9.34. The van der Waals surface area contributed by atoms with Gasteiger partial charge >= 0.3 is 0 Å². The van der Waals surface area contributed by atoms with E-state index < -0.39 is 0 Å². The molecule has 0 spiro atoms. The minimum absolute atomic E-state index is 0.132. The van der Waals surface area contributed by atoms with Gasteiger partial charge in [0.25, 0.3) is 0 Å². The molecule has 6 heteroatoms. The largest absolute Gasteiger partial charge is 0.361 e. The number of nitrogens with one attached hydrogen (secondary N) is 2. The highest BCUT2D eigenvalue weighted by Crippen LogP contribution is 2.36. The van der Waals surface area contributed by atoms with Gasteiger partial charge in [-0.25, -0.2) is 0 Å². The lowest BCUT2D eigenvalue weighted by molar-refractivity contribution is -0.123. The van der Waals surface area contributed by atoms with Gasteiger partial charge < -0.3 is 14.4 Å². The fraction of sp³-hybridized carbons (Fsp3) is 0.500. The first kappa shape index (κ1) is 19.4. The second kappa shape index (κ2) is 7.58. The number of rotatable bonds is 6. The third kappa shape index (κ3) is 3.76. The van der Waals surface area contributed by atoms with Gasteiger partial charge in [0.15, 0.2) is 0 Å². The van der Waals surface area contributed by atoms with Crippen LogP contribution in [0.3, 0.4) is 0 Å². The van der Waals surface area contributed by atoms with Gasteiger partial charge in [-0.2, -0.15) is 0 Å². The van der Waals surface area contributed by atoms with Crippen molar-refractivity contribution in [1.82, 2.24) is 20.4 Å². The number of aryl methyl sites for hydroxylation is 1. The Morgan fingerprint density at radius 3 is 2.90 bits per heavy atom. The van der Waals surface area contributed by atoms with Crippen molar-refractivity contribution < 1.29 is 9.32 Å². The standard InChI is InChI=1S/C24H30N4O2/c1-14(2)9-20-19-5-4-6-22-23(19)16(11-21(26-20)24(29)25-17-7-8-17)12-28(22)13-18-10-15(3)30-27-18/h4-6,10,12,14,17,20-21,26H,7-9,11,13H2,1-3H3,(H,25,29)/t20-,21-/m0/s1. The molecule has 1 aromatic carbocycles. The van der Waals surface area contributed by atoms with Gasteiger partial charge in [-0.05, 0) is 55.7 Å². The first-order chi connectivity index (χ1) is 14.5. The summed E-state index contributed by atoms with van der Waals surface area (Å²) in [6, 6.07) is 8.82. The monoisotopic (exact) mass is 406 g/mol. The molecule has 30 heavy (non-hydrogen) atoms. The summed E-state index contributed by atoms with van der Waals surface area (Å²) in [5.74, 6) is 1.49. The molecule has 1 amide bonds. The Bertz CT molecular complexity index is 1080. The van der Waals surface area contributed by atoms with E-state index in [0.717, 1.165) is 30.7 Å². The molecule has 1 fully saturated rings. The van der Waals surface area contributed by atoms with Crippen molar-refractivity contribution in [3.8, 4) is 0 Å². The van der Waals surface area contributed by atoms with Crippen LogP contribution >= 0.6 is 0 Å². The summed E-state index contributed by atoms with van der Waals surface area (Å²) >= 11 is 0. The molecule has 2 aromatic heterocycles. The van der Waals surface area contributed by atoms with Crippen molar-refractivity contribution in [2.75, 3.05) is 0 Å². The van der Waals surface area contributed by atoms with Crippen LogP contribution in [0.25, 0.3) is 10.9 Å². The van der Waals surface area contributed by atoms with Crippen LogP contribution in [0.5, 0.6) is 0 Å². The fourth-order valence-corrected chi connectivity index (χ4v) is 4.69. The highest BCUT2D eigenvalue weighted by molar-refractivity contribution is 5.90. The Morgan fingerprint density at radius 2 is 2.20 bits per heavy atom. The van der Waals surface area contributed by atoms with Gasteiger partial charge in [-0.1, -0.05) is 31.1 Å². The third-order valence-electron chi connectivity index (χ3n) is 6.18. The average Bonchev–Trinajstić information content (AvgIpc) is 3.35. The number of carbonyl (C=O) groups is 1. The van der Waals surface area contributed by atoms with Crippen LogP contribution in [-0.4, -0.2) is 27.7 Å². The SMILES string of the molecule is Cc1cc(Cn2cc3c4c(cccc42)[C@H](CC(C)C)N[C@H](C(=O)NC2CC2)C3)no1. The molecule has 0 radical (unpaired) electrons. The molecule has 5 rings (SSSR count). The summed E-state index contributed by atoms with van der Waals surface area (Å²) < 4.78 is 7.51. The predicted octanol–water partition coefficient (Wildman–Crippen LogP) is 3.87. The van der Waals surface area contributed by atoms with Crippen LogP contribution < -0.4 is 10.6 Å². The highest BCUT2D eigenvalue weighted by atomic mass is 16.5. The number of benzene rings is 1. The van der Waals surface area contributed by atoms with Crippen LogP contribution in [0, 0.1) is 12.8 Å². The van der Waals surface area contributed by atoms with E-state index in [1.807, 2.05) is 13.0 Å². The molecule has 3 aromatic rings. The molecule has 2 atom stereocenters. The molecule has 3 heterocycles. The maximum atomic E-state index is 13.0. The summed E-state index contributed by atoms with van der Waals surface area (Å²) in [7, 11) is 0. The smallest absolute Gasteiger partial charge is 0.237 e. The topological polar surface area (TPSA) is 72.1 Å². The van der Waals surface area contributed by atoms with Crippen LogP contribution in [0.2, 0.25) is 0 Å². The Morgan fingerprint density at radius 1 is 1.37 bits per heavy atom. The minimum atomic E-state index is -0.213. The van der Waals surface area contributed by atoms with E-state index in [9.17, 15) is 4.79 Å². The van der Waals surface area contributed by atoms with Crippen LogP contribution in [0.4, 0.5) is 0 Å². The molecule has 0 unspecified atom stereocenters. The Labute approximate surface area is 177 Å². The van der Waals surface area contributed by atoms with Crippen LogP contribution in [0.1, 0.15) is 61.7 Å². The van der Waals surface area contributed by atoms with E-state index in [1.54, 1.807) is 0 Å². The van der Waals surface area contributed by atoms with E-state index >= 15 is 0 Å². The van der Waals surface area contributed by atoms with Crippen molar-refractivity contribution in [1.29, 1.82) is 0 Å². The molecule has 1 aliphatic heterocycles. The number of hydrogen-bond acceptors (Lipinski definition) is 4. The lowest BCUT2D eigenvalue weighted by atomic mass is 9.94. The Kier molecular flexibility index (Phi) is 4.89. The number of carbonyl (C=O) groups excluding carboxylic acids is 1. The average molecular weight is 407 g/mol. The van der Waals surface area contributed by atoms with E-state index in [-0.39, 0.29) is 18.0 Å². The number of nitrogens with zero attached hydrogens (tertiary/aromatic N) is 2. The second-order valence-corrected chi connectivity index (χ2v) is 9.34. The van der Waals surface area contributed by atoms with E-state index in [2.05, 4.69) is 58.6 Å². The zero-order chi connectivity index (χ0) is 20.8. The molecule has 0 saturated heterocycles. The first-order valence-corrected chi connectivity index (χ1v) is 11.1. The molecule has 1 aliphatic carbocycles. The van der Waals surface area contributed by atoms with E-state index in [1.165, 1.54) is 22.0 Å². The van der Waals surface area contributed by atoms with Crippen molar-refractivity contribution in [3.63, 3.8) is 0 Å². The van der Waals surface area contributed by atoms with Gasteiger partial charge in [-0.3, -0.25) is 10.1 Å². The third-order valence-corrected chi connectivity index (χ3v) is 6.18. The Balaban J connectivity index is 1.55. The summed E-state index contributed by atoms with van der Waals surface area (Å²) in [5, 5.41) is 12.4. The van der Waals surface area contributed by atoms with Gasteiger partial charge in [-0.15, -0.1) is 0 Å².